The molecule has 2 unspecified atom stereocenters. The molecule has 0 aliphatic heterocycles. The number of hydrogen-bond acceptors (Lipinski definition) is 16. The Kier molecular flexibility index (Phi) is 55.5. The molecule has 0 fully saturated rings. The zero-order valence-corrected chi connectivity index (χ0v) is 28.4. The van der Waals surface area contributed by atoms with Crippen LogP contribution in [0.15, 0.2) is 0 Å². The molecule has 0 amide bonds. The van der Waals surface area contributed by atoms with Gasteiger partial charge in [-0.25, -0.2) is 9.59 Å². The summed E-state index contributed by atoms with van der Waals surface area (Å²) >= 11 is 0. The van der Waals surface area contributed by atoms with Crippen molar-refractivity contribution in [2.75, 3.05) is 61.5 Å². The van der Waals surface area contributed by atoms with E-state index in [-0.39, 0.29) is 46.1 Å². The minimum absolute atomic E-state index is 0. The van der Waals surface area contributed by atoms with Gasteiger partial charge >= 0.3 is 29.8 Å². The highest BCUT2D eigenvalue weighted by Gasteiger charge is 2.24. The summed E-state index contributed by atoms with van der Waals surface area (Å²) < 4.78 is 36.5. The lowest BCUT2D eigenvalue weighted by Crippen LogP contribution is -2.32. The highest BCUT2D eigenvalue weighted by molar-refractivity contribution is 5.98. The number of methoxy groups -OCH3 is 3. The van der Waals surface area contributed by atoms with Crippen molar-refractivity contribution in [2.45, 2.75) is 94.8 Å². The number of aldehydes is 1. The number of carbonyl (C=O) groups excluding carboxylic acids is 8. The van der Waals surface area contributed by atoms with E-state index in [0.717, 1.165) is 0 Å². The summed E-state index contributed by atoms with van der Waals surface area (Å²) in [6, 6.07) is 0. The topological polar surface area (TPSA) is 210 Å². The third kappa shape index (κ3) is 52.1. The van der Waals surface area contributed by atoms with Crippen molar-refractivity contribution in [1.82, 2.24) is 0 Å². The summed E-state index contributed by atoms with van der Waals surface area (Å²) in [5.41, 5.74) is 0. The minimum atomic E-state index is -1.07. The molecular formula is C31H60O16. The monoisotopic (exact) mass is 688 g/mol. The van der Waals surface area contributed by atoms with Gasteiger partial charge in [0.15, 0.2) is 30.9 Å². The van der Waals surface area contributed by atoms with Crippen molar-refractivity contribution in [2.24, 2.45) is 0 Å². The quantitative estimate of drug-likeness (QED) is 0.0707. The predicted molar refractivity (Wildman–Crippen MR) is 172 cm³/mol. The summed E-state index contributed by atoms with van der Waals surface area (Å²) in [7, 11) is 6.08. The fourth-order valence-electron chi connectivity index (χ4n) is 1.89. The van der Waals surface area contributed by atoms with Gasteiger partial charge in [-0.15, -0.1) is 0 Å². The van der Waals surface area contributed by atoms with Crippen LogP contribution in [0.1, 0.15) is 82.6 Å². The van der Waals surface area contributed by atoms with E-state index in [2.05, 4.69) is 28.4 Å². The van der Waals surface area contributed by atoms with Crippen molar-refractivity contribution < 1.29 is 76.3 Å². The van der Waals surface area contributed by atoms with Gasteiger partial charge in [0, 0.05) is 41.3 Å². The normalized spacial score (nSPS) is 9.85. The number of rotatable bonds is 17. The van der Waals surface area contributed by atoms with E-state index >= 15 is 0 Å². The van der Waals surface area contributed by atoms with Crippen LogP contribution in [0.5, 0.6) is 0 Å². The molecule has 0 aromatic carbocycles. The van der Waals surface area contributed by atoms with Crippen LogP contribution >= 0.6 is 0 Å². The Morgan fingerprint density at radius 1 is 0.723 bits per heavy atom. The molecule has 2 atom stereocenters. The molecule has 0 aliphatic rings. The van der Waals surface area contributed by atoms with E-state index in [1.54, 1.807) is 21.1 Å². The standard InChI is InChI=1S/C12H18O7.C10H16O6.C3H6O2.C2H6O.C2H6.2CH4/c1-4-17-9(3)12(16)19-8(2)10(14)7-11(15)18-6-5-13;1-8(11)3-4-9(12)16-7-10(13)15-6-5-14-2;1-3(4)5-2;1-3-2;1-2;;/h5,8-9H,4,6-7H2,1-3H3;3-7H2,1-2H3;1-2H3;1-2H3;1-2H3;2*1H4. The number of carbonyl (C=O) groups is 8. The van der Waals surface area contributed by atoms with Crippen LogP contribution in [-0.2, 0) is 76.3 Å². The molecule has 0 aromatic heterocycles. The van der Waals surface area contributed by atoms with E-state index in [1.807, 2.05) is 13.8 Å². The SMILES string of the molecule is C.C.CC.CCOC(C)C(=O)OC(C)C(=O)CC(=O)OCC=O.COC.COC(C)=O.COCCOC(=O)COC(=O)CCC(C)=O. The molecule has 0 saturated heterocycles. The maximum absolute atomic E-state index is 11.5. The van der Waals surface area contributed by atoms with Gasteiger partial charge in [-0.1, -0.05) is 28.7 Å². The van der Waals surface area contributed by atoms with Crippen molar-refractivity contribution in [3.63, 3.8) is 0 Å². The van der Waals surface area contributed by atoms with Gasteiger partial charge in [0.1, 0.15) is 25.4 Å². The third-order valence-electron chi connectivity index (χ3n) is 4.00. The van der Waals surface area contributed by atoms with E-state index in [0.29, 0.717) is 19.5 Å². The summed E-state index contributed by atoms with van der Waals surface area (Å²) in [6.07, 6.45) is -1.89. The molecule has 0 N–H and O–H groups in total. The first-order valence-electron chi connectivity index (χ1n) is 13.8. The molecule has 0 aromatic rings. The van der Waals surface area contributed by atoms with Gasteiger partial charge in [0.05, 0.1) is 20.1 Å². The highest BCUT2D eigenvalue weighted by Crippen LogP contribution is 2.03. The molecule has 0 radical (unpaired) electrons. The predicted octanol–water partition coefficient (Wildman–Crippen LogP) is 2.87. The van der Waals surface area contributed by atoms with Crippen LogP contribution in [0, 0.1) is 0 Å². The molecule has 16 heteroatoms. The minimum Gasteiger partial charge on any atom is -0.469 e. The van der Waals surface area contributed by atoms with Crippen LogP contribution in [0.25, 0.3) is 0 Å². The fraction of sp³-hybridized carbons (Fsp3) is 0.742. The smallest absolute Gasteiger partial charge is 0.344 e. The first-order valence-corrected chi connectivity index (χ1v) is 13.8. The van der Waals surface area contributed by atoms with Gasteiger partial charge in [0.2, 0.25) is 0 Å². The zero-order valence-electron chi connectivity index (χ0n) is 28.4. The van der Waals surface area contributed by atoms with E-state index in [9.17, 15) is 38.4 Å². The van der Waals surface area contributed by atoms with Crippen molar-refractivity contribution in [3.05, 3.63) is 0 Å². The molecular weight excluding hydrogens is 628 g/mol. The van der Waals surface area contributed by atoms with Gasteiger partial charge in [-0.3, -0.25) is 24.0 Å². The van der Waals surface area contributed by atoms with Gasteiger partial charge in [-0.2, -0.15) is 0 Å². The molecule has 280 valence electrons. The third-order valence-corrected chi connectivity index (χ3v) is 4.00. The summed E-state index contributed by atoms with van der Waals surface area (Å²) in [4.78, 5) is 86.1. The van der Waals surface area contributed by atoms with E-state index < -0.39 is 61.5 Å². The second-order valence-electron chi connectivity index (χ2n) is 7.85. The van der Waals surface area contributed by atoms with Crippen LogP contribution in [0.2, 0.25) is 0 Å². The number of esters is 5. The second kappa shape index (κ2) is 44.4. The zero-order chi connectivity index (χ0) is 36.2. The summed E-state index contributed by atoms with van der Waals surface area (Å²) in [5.74, 6) is -3.67. The van der Waals surface area contributed by atoms with Crippen LogP contribution in [0.3, 0.4) is 0 Å². The maximum Gasteiger partial charge on any atom is 0.344 e. The summed E-state index contributed by atoms with van der Waals surface area (Å²) in [6.45, 7) is 11.3. The largest absolute Gasteiger partial charge is 0.469 e. The first kappa shape index (κ1) is 58.7. The average Bonchev–Trinajstić information content (AvgIpc) is 3.00. The number of hydrogen-bond donors (Lipinski definition) is 0. The number of ketones is 2. The van der Waals surface area contributed by atoms with Gasteiger partial charge < -0.3 is 42.7 Å². The second-order valence-corrected chi connectivity index (χ2v) is 7.85. The number of Topliss-reactive ketones (excluding diaryl/α,β-unsaturated/α-hetero) is 2. The van der Waals surface area contributed by atoms with E-state index in [1.165, 1.54) is 41.9 Å². The lowest BCUT2D eigenvalue weighted by molar-refractivity contribution is -0.165. The molecule has 0 bridgehead atoms. The fourth-order valence-corrected chi connectivity index (χ4v) is 1.89. The Hall–Kier alpha value is -3.76. The van der Waals surface area contributed by atoms with Gasteiger partial charge in [0.25, 0.3) is 0 Å². The van der Waals surface area contributed by atoms with Crippen LogP contribution in [-0.4, -0.2) is 121 Å². The van der Waals surface area contributed by atoms with Crippen molar-refractivity contribution in [1.29, 1.82) is 0 Å². The Morgan fingerprint density at radius 2 is 1.23 bits per heavy atom. The van der Waals surface area contributed by atoms with Crippen molar-refractivity contribution >= 4 is 47.7 Å². The Morgan fingerprint density at radius 3 is 1.64 bits per heavy atom. The van der Waals surface area contributed by atoms with Crippen molar-refractivity contribution in [3.8, 4) is 0 Å². The number of ether oxygens (including phenoxy) is 8. The Balaban J connectivity index is -0.000000103. The highest BCUT2D eigenvalue weighted by atomic mass is 16.6. The van der Waals surface area contributed by atoms with Crippen LogP contribution < -0.4 is 0 Å². The molecule has 0 heterocycles. The molecule has 16 nitrogen and oxygen atoms in total. The molecule has 47 heavy (non-hydrogen) atoms. The maximum atomic E-state index is 11.5. The lowest BCUT2D eigenvalue weighted by atomic mass is 10.2. The molecule has 0 saturated carbocycles. The Bertz CT molecular complexity index is 826. The molecule has 0 spiro atoms. The Labute approximate surface area is 280 Å². The van der Waals surface area contributed by atoms with E-state index in [4.69, 9.17) is 9.47 Å². The first-order chi connectivity index (χ1) is 21.2. The summed E-state index contributed by atoms with van der Waals surface area (Å²) in [5, 5.41) is 0. The molecule has 0 rings (SSSR count). The average molecular weight is 689 g/mol. The molecule has 0 aliphatic carbocycles. The van der Waals surface area contributed by atoms with Gasteiger partial charge in [-0.05, 0) is 27.7 Å². The lowest BCUT2D eigenvalue weighted by Gasteiger charge is -2.15. The van der Waals surface area contributed by atoms with Crippen LogP contribution in [0.4, 0.5) is 0 Å².